The van der Waals surface area contributed by atoms with Crippen LogP contribution in [-0.4, -0.2) is 42.3 Å². The Balaban J connectivity index is 1.32. The number of fused-ring (bicyclic) bond motifs is 1. The van der Waals surface area contributed by atoms with Gasteiger partial charge in [0.1, 0.15) is 0 Å². The maximum absolute atomic E-state index is 12.4. The molecule has 1 fully saturated rings. The fraction of sp³-hybridized carbons (Fsp3) is 0.474. The average Bonchev–Trinajstić information content (AvgIpc) is 3.31. The van der Waals surface area contributed by atoms with E-state index in [4.69, 9.17) is 4.74 Å². The highest BCUT2D eigenvalue weighted by Crippen LogP contribution is 2.32. The zero-order chi connectivity index (χ0) is 17.1. The lowest BCUT2D eigenvalue weighted by Gasteiger charge is -2.31. The highest BCUT2D eigenvalue weighted by atomic mass is 16.5. The van der Waals surface area contributed by atoms with Crippen molar-refractivity contribution in [3.63, 3.8) is 0 Å². The number of aromatic nitrogens is 2. The lowest BCUT2D eigenvalue weighted by atomic mass is 9.91. The number of nitrogens with zero attached hydrogens (tertiary/aromatic N) is 2. The Labute approximate surface area is 147 Å². The fourth-order valence-electron chi connectivity index (χ4n) is 3.88. The molecule has 2 aliphatic heterocycles. The quantitative estimate of drug-likeness (QED) is 0.874. The van der Waals surface area contributed by atoms with E-state index in [1.165, 1.54) is 11.3 Å². The second kappa shape index (κ2) is 7.27. The van der Waals surface area contributed by atoms with Gasteiger partial charge in [-0.2, -0.15) is 5.10 Å². The Bertz CT molecular complexity index is 716. The standard InChI is InChI=1S/C19H24N4O2/c24-18(13-23-8-7-14-4-1-2-6-17(14)23)20-10-15-5-3-9-25-19(15)16-11-21-22-12-16/h1-2,4,6,11-12,15,19H,3,5,7-10,13H2,(H,20,24)(H,21,22)/t15-,19+/m0/s1. The number of anilines is 1. The first-order valence-corrected chi connectivity index (χ1v) is 9.01. The summed E-state index contributed by atoms with van der Waals surface area (Å²) in [7, 11) is 0. The van der Waals surface area contributed by atoms with Crippen molar-refractivity contribution in [3.8, 4) is 0 Å². The molecule has 3 heterocycles. The summed E-state index contributed by atoms with van der Waals surface area (Å²) in [4.78, 5) is 14.6. The first-order chi connectivity index (χ1) is 12.3. The Morgan fingerprint density at radius 1 is 1.40 bits per heavy atom. The number of rotatable bonds is 5. The van der Waals surface area contributed by atoms with Crippen LogP contribution in [0.15, 0.2) is 36.7 Å². The molecule has 2 atom stereocenters. The summed E-state index contributed by atoms with van der Waals surface area (Å²) in [6.07, 6.45) is 6.82. The number of ether oxygens (including phenoxy) is 1. The average molecular weight is 340 g/mol. The highest BCUT2D eigenvalue weighted by molar-refractivity contribution is 5.82. The van der Waals surface area contributed by atoms with Gasteiger partial charge in [0.15, 0.2) is 0 Å². The number of nitrogens with one attached hydrogen (secondary N) is 2. The topological polar surface area (TPSA) is 70.2 Å². The van der Waals surface area contributed by atoms with Crippen molar-refractivity contribution in [1.29, 1.82) is 0 Å². The zero-order valence-electron chi connectivity index (χ0n) is 14.3. The Morgan fingerprint density at radius 2 is 2.32 bits per heavy atom. The molecule has 1 saturated heterocycles. The molecule has 1 amide bonds. The maximum Gasteiger partial charge on any atom is 0.239 e. The molecule has 6 nitrogen and oxygen atoms in total. The van der Waals surface area contributed by atoms with E-state index in [1.807, 2.05) is 18.5 Å². The van der Waals surface area contributed by atoms with Crippen molar-refractivity contribution in [2.45, 2.75) is 25.4 Å². The van der Waals surface area contributed by atoms with Gasteiger partial charge in [0, 0.05) is 43.1 Å². The molecule has 0 saturated carbocycles. The number of carbonyl (C=O) groups excluding carboxylic acids is 1. The fourth-order valence-corrected chi connectivity index (χ4v) is 3.88. The number of amides is 1. The molecule has 2 aliphatic rings. The van der Waals surface area contributed by atoms with Crippen molar-refractivity contribution in [2.75, 3.05) is 31.1 Å². The predicted octanol–water partition coefficient (Wildman–Crippen LogP) is 2.06. The number of H-pyrrole nitrogens is 1. The van der Waals surface area contributed by atoms with E-state index in [2.05, 4.69) is 38.6 Å². The summed E-state index contributed by atoms with van der Waals surface area (Å²) in [5.74, 6) is 0.370. The largest absolute Gasteiger partial charge is 0.373 e. The normalized spacial score (nSPS) is 22.6. The van der Waals surface area contributed by atoms with Crippen molar-refractivity contribution in [3.05, 3.63) is 47.8 Å². The van der Waals surface area contributed by atoms with E-state index >= 15 is 0 Å². The molecule has 6 heteroatoms. The molecule has 4 rings (SSSR count). The Kier molecular flexibility index (Phi) is 4.70. The summed E-state index contributed by atoms with van der Waals surface area (Å²) in [5.41, 5.74) is 3.58. The number of aromatic amines is 1. The van der Waals surface area contributed by atoms with Crippen molar-refractivity contribution in [2.24, 2.45) is 5.92 Å². The smallest absolute Gasteiger partial charge is 0.239 e. The maximum atomic E-state index is 12.4. The minimum atomic E-state index is 0.0142. The van der Waals surface area contributed by atoms with Gasteiger partial charge in [-0.1, -0.05) is 18.2 Å². The van der Waals surface area contributed by atoms with Crippen LogP contribution >= 0.6 is 0 Å². The van der Waals surface area contributed by atoms with Crippen molar-refractivity contribution >= 4 is 11.6 Å². The van der Waals surface area contributed by atoms with Crippen LogP contribution in [0.5, 0.6) is 0 Å². The molecule has 2 aromatic rings. The molecule has 2 N–H and O–H groups in total. The second-order valence-electron chi connectivity index (χ2n) is 6.83. The van der Waals surface area contributed by atoms with Crippen LogP contribution in [0.1, 0.15) is 30.1 Å². The number of hydrogen-bond acceptors (Lipinski definition) is 4. The SMILES string of the molecule is O=C(CN1CCc2ccccc21)NC[C@@H]1CCCO[C@H]1c1cn[nH]c1. The van der Waals surface area contributed by atoms with Gasteiger partial charge >= 0.3 is 0 Å². The van der Waals surface area contributed by atoms with E-state index in [1.54, 1.807) is 0 Å². The predicted molar refractivity (Wildman–Crippen MR) is 95.4 cm³/mol. The van der Waals surface area contributed by atoms with Crippen LogP contribution in [0.25, 0.3) is 0 Å². The molecule has 0 radical (unpaired) electrons. The minimum absolute atomic E-state index is 0.0142. The third-order valence-electron chi connectivity index (χ3n) is 5.17. The lowest BCUT2D eigenvalue weighted by Crippen LogP contribution is -2.40. The van der Waals surface area contributed by atoms with E-state index in [9.17, 15) is 4.79 Å². The summed E-state index contributed by atoms with van der Waals surface area (Å²) in [6, 6.07) is 8.33. The van der Waals surface area contributed by atoms with Gasteiger partial charge in [0.25, 0.3) is 0 Å². The van der Waals surface area contributed by atoms with Crippen molar-refractivity contribution in [1.82, 2.24) is 15.5 Å². The molecule has 0 bridgehead atoms. The van der Waals surface area contributed by atoms with Gasteiger partial charge < -0.3 is 15.0 Å². The third-order valence-corrected chi connectivity index (χ3v) is 5.17. The number of para-hydroxylation sites is 1. The van der Waals surface area contributed by atoms with E-state index in [-0.39, 0.29) is 12.0 Å². The molecule has 1 aromatic carbocycles. The van der Waals surface area contributed by atoms with Crippen LogP contribution in [0.2, 0.25) is 0 Å². The Hall–Kier alpha value is -2.34. The van der Waals surface area contributed by atoms with E-state index in [0.717, 1.165) is 38.0 Å². The van der Waals surface area contributed by atoms with Crippen LogP contribution < -0.4 is 10.2 Å². The lowest BCUT2D eigenvalue weighted by molar-refractivity contribution is -0.120. The number of benzene rings is 1. The molecule has 25 heavy (non-hydrogen) atoms. The molecule has 0 unspecified atom stereocenters. The van der Waals surface area contributed by atoms with Gasteiger partial charge in [0.05, 0.1) is 18.8 Å². The number of hydrogen-bond donors (Lipinski definition) is 2. The first-order valence-electron chi connectivity index (χ1n) is 9.01. The molecule has 0 spiro atoms. The van der Waals surface area contributed by atoms with Gasteiger partial charge in [-0.3, -0.25) is 9.89 Å². The molecule has 0 aliphatic carbocycles. The molecular formula is C19H24N4O2. The second-order valence-corrected chi connectivity index (χ2v) is 6.83. The van der Waals surface area contributed by atoms with Crippen LogP contribution in [0.4, 0.5) is 5.69 Å². The van der Waals surface area contributed by atoms with Crippen LogP contribution in [0.3, 0.4) is 0 Å². The van der Waals surface area contributed by atoms with Crippen molar-refractivity contribution < 1.29 is 9.53 Å². The third kappa shape index (κ3) is 3.54. The highest BCUT2D eigenvalue weighted by Gasteiger charge is 2.29. The summed E-state index contributed by atoms with van der Waals surface area (Å²) in [5, 5.41) is 9.97. The first kappa shape index (κ1) is 16.1. The molecule has 132 valence electrons. The number of carbonyl (C=O) groups is 1. The van der Waals surface area contributed by atoms with Crippen LogP contribution in [-0.2, 0) is 16.0 Å². The van der Waals surface area contributed by atoms with Gasteiger partial charge in [-0.05, 0) is 30.9 Å². The van der Waals surface area contributed by atoms with Gasteiger partial charge in [-0.15, -0.1) is 0 Å². The van der Waals surface area contributed by atoms with Gasteiger partial charge in [-0.25, -0.2) is 0 Å². The Morgan fingerprint density at radius 3 is 3.20 bits per heavy atom. The summed E-state index contributed by atoms with van der Waals surface area (Å²) in [6.45, 7) is 2.74. The summed E-state index contributed by atoms with van der Waals surface area (Å²) >= 11 is 0. The summed E-state index contributed by atoms with van der Waals surface area (Å²) < 4.78 is 5.93. The molecule has 1 aromatic heterocycles. The van der Waals surface area contributed by atoms with E-state index in [0.29, 0.717) is 19.0 Å². The van der Waals surface area contributed by atoms with Gasteiger partial charge in [0.2, 0.25) is 5.91 Å². The minimum Gasteiger partial charge on any atom is -0.373 e. The zero-order valence-corrected chi connectivity index (χ0v) is 14.3. The molecular weight excluding hydrogens is 316 g/mol. The van der Waals surface area contributed by atoms with Crippen LogP contribution in [0, 0.1) is 5.92 Å². The monoisotopic (exact) mass is 340 g/mol. The van der Waals surface area contributed by atoms with E-state index < -0.39 is 0 Å².